The number of halogens is 1. The van der Waals surface area contributed by atoms with E-state index in [0.29, 0.717) is 12.2 Å². The fraction of sp³-hybridized carbons (Fsp3) is 0.167. The van der Waals surface area contributed by atoms with Crippen LogP contribution in [0.15, 0.2) is 24.5 Å². The number of nitrogens with two attached hydrogens (primary N) is 1. The second-order valence-corrected chi connectivity index (χ2v) is 4.15. The second-order valence-electron chi connectivity index (χ2n) is 4.15. The van der Waals surface area contributed by atoms with E-state index in [1.807, 2.05) is 6.92 Å². The lowest BCUT2D eigenvalue weighted by molar-refractivity contribution is -0.384. The number of anilines is 2. The van der Waals surface area contributed by atoms with Crippen LogP contribution in [0.3, 0.4) is 0 Å². The zero-order valence-electron chi connectivity index (χ0n) is 11.0. The van der Waals surface area contributed by atoms with Gasteiger partial charge in [-0.2, -0.15) is 5.10 Å². The van der Waals surface area contributed by atoms with Crippen LogP contribution in [0, 0.1) is 15.9 Å². The maximum atomic E-state index is 13.7. The predicted molar refractivity (Wildman–Crippen MR) is 73.3 cm³/mol. The molecule has 0 atom stereocenters. The van der Waals surface area contributed by atoms with Gasteiger partial charge in [-0.15, -0.1) is 0 Å². The van der Waals surface area contributed by atoms with Crippen molar-refractivity contribution in [1.29, 1.82) is 0 Å². The smallest absolute Gasteiger partial charge is 0.293 e. The lowest BCUT2D eigenvalue weighted by atomic mass is 10.1. The standard InChI is InChI=1S/C12H12FN5O3/c1-2-17-6-7(5-15-17)16-12(19)10-8(13)3-4-9(11(10)14)18(20)21/h3-6H,2,14H2,1H3,(H,16,19). The summed E-state index contributed by atoms with van der Waals surface area (Å²) in [5, 5.41) is 17.1. The van der Waals surface area contributed by atoms with Gasteiger partial charge in [-0.05, 0) is 13.0 Å². The number of nitrogens with one attached hydrogen (secondary N) is 1. The molecule has 1 amide bonds. The van der Waals surface area contributed by atoms with Crippen LogP contribution in [0.2, 0.25) is 0 Å². The summed E-state index contributed by atoms with van der Waals surface area (Å²) in [6.45, 7) is 2.46. The average Bonchev–Trinajstić information content (AvgIpc) is 2.85. The Labute approximate surface area is 118 Å². The summed E-state index contributed by atoms with van der Waals surface area (Å²) >= 11 is 0. The summed E-state index contributed by atoms with van der Waals surface area (Å²) in [6, 6.07) is 1.75. The summed E-state index contributed by atoms with van der Waals surface area (Å²) in [6.07, 6.45) is 2.93. The Balaban J connectivity index is 2.34. The first kappa shape index (κ1) is 14.4. The minimum atomic E-state index is -0.932. The molecule has 0 aliphatic heterocycles. The van der Waals surface area contributed by atoms with Crippen molar-refractivity contribution in [3.63, 3.8) is 0 Å². The van der Waals surface area contributed by atoms with E-state index in [2.05, 4.69) is 10.4 Å². The van der Waals surface area contributed by atoms with Crippen molar-refractivity contribution in [3.8, 4) is 0 Å². The molecule has 0 saturated heterocycles. The van der Waals surface area contributed by atoms with Gasteiger partial charge in [0.1, 0.15) is 17.1 Å². The van der Waals surface area contributed by atoms with E-state index in [1.54, 1.807) is 10.9 Å². The number of rotatable bonds is 4. The SMILES string of the molecule is CCn1cc(NC(=O)c2c(F)ccc([N+](=O)[O-])c2N)cn1. The zero-order valence-corrected chi connectivity index (χ0v) is 11.0. The van der Waals surface area contributed by atoms with Gasteiger partial charge in [0.25, 0.3) is 11.6 Å². The number of amides is 1. The molecule has 9 heteroatoms. The number of hydrogen-bond donors (Lipinski definition) is 2. The van der Waals surface area contributed by atoms with Gasteiger partial charge in [0.2, 0.25) is 0 Å². The van der Waals surface area contributed by atoms with Crippen LogP contribution in [0.5, 0.6) is 0 Å². The number of benzene rings is 1. The highest BCUT2D eigenvalue weighted by Gasteiger charge is 2.24. The molecule has 0 unspecified atom stereocenters. The molecule has 0 spiro atoms. The van der Waals surface area contributed by atoms with E-state index < -0.39 is 33.6 Å². The van der Waals surface area contributed by atoms with Crippen molar-refractivity contribution in [3.05, 3.63) is 46.0 Å². The first-order chi connectivity index (χ1) is 9.93. The first-order valence-corrected chi connectivity index (χ1v) is 6.00. The number of nitrogen functional groups attached to an aromatic ring is 1. The molecule has 1 aromatic heterocycles. The van der Waals surface area contributed by atoms with E-state index in [9.17, 15) is 19.3 Å². The van der Waals surface area contributed by atoms with Crippen LogP contribution < -0.4 is 11.1 Å². The van der Waals surface area contributed by atoms with Crippen LogP contribution in [0.25, 0.3) is 0 Å². The Bertz CT molecular complexity index is 713. The van der Waals surface area contributed by atoms with E-state index >= 15 is 0 Å². The molecule has 8 nitrogen and oxygen atoms in total. The number of nitrogens with zero attached hydrogens (tertiary/aromatic N) is 3. The molecule has 0 fully saturated rings. The monoisotopic (exact) mass is 293 g/mol. The highest BCUT2D eigenvalue weighted by molar-refractivity contribution is 6.09. The minimum absolute atomic E-state index is 0.340. The fourth-order valence-electron chi connectivity index (χ4n) is 1.77. The molecule has 1 aromatic carbocycles. The van der Waals surface area contributed by atoms with Crippen LogP contribution in [-0.2, 0) is 6.54 Å². The second kappa shape index (κ2) is 5.57. The molecule has 2 aromatic rings. The van der Waals surface area contributed by atoms with Crippen molar-refractivity contribution >= 4 is 23.0 Å². The lowest BCUT2D eigenvalue weighted by Crippen LogP contribution is -2.16. The van der Waals surface area contributed by atoms with Gasteiger partial charge < -0.3 is 11.1 Å². The van der Waals surface area contributed by atoms with Crippen molar-refractivity contribution in [2.24, 2.45) is 0 Å². The quantitative estimate of drug-likeness (QED) is 0.506. The van der Waals surface area contributed by atoms with Crippen molar-refractivity contribution in [2.75, 3.05) is 11.1 Å². The van der Waals surface area contributed by atoms with Crippen molar-refractivity contribution in [2.45, 2.75) is 13.5 Å². The van der Waals surface area contributed by atoms with Gasteiger partial charge in [-0.1, -0.05) is 0 Å². The summed E-state index contributed by atoms with van der Waals surface area (Å²) in [7, 11) is 0. The molecule has 21 heavy (non-hydrogen) atoms. The van der Waals surface area contributed by atoms with Gasteiger partial charge in [0, 0.05) is 18.8 Å². The Hall–Kier alpha value is -2.97. The third kappa shape index (κ3) is 2.81. The molecule has 2 rings (SSSR count). The predicted octanol–water partition coefficient (Wildman–Crippen LogP) is 1.78. The van der Waals surface area contributed by atoms with Crippen molar-refractivity contribution in [1.82, 2.24) is 9.78 Å². The van der Waals surface area contributed by atoms with Crippen LogP contribution in [-0.4, -0.2) is 20.6 Å². The molecule has 3 N–H and O–H groups in total. The van der Waals surface area contributed by atoms with Gasteiger partial charge in [-0.3, -0.25) is 19.6 Å². The molecule has 0 radical (unpaired) electrons. The molecule has 1 heterocycles. The normalized spacial score (nSPS) is 10.4. The highest BCUT2D eigenvalue weighted by atomic mass is 19.1. The summed E-state index contributed by atoms with van der Waals surface area (Å²) in [5.74, 6) is -1.80. The Morgan fingerprint density at radius 1 is 1.57 bits per heavy atom. The van der Waals surface area contributed by atoms with Crippen molar-refractivity contribution < 1.29 is 14.1 Å². The number of nitro groups is 1. The number of carbonyl (C=O) groups is 1. The van der Waals surface area contributed by atoms with E-state index in [-0.39, 0.29) is 0 Å². The third-order valence-corrected chi connectivity index (χ3v) is 2.81. The first-order valence-electron chi connectivity index (χ1n) is 6.00. The van der Waals surface area contributed by atoms with Crippen LogP contribution >= 0.6 is 0 Å². The summed E-state index contributed by atoms with van der Waals surface area (Å²) in [4.78, 5) is 22.0. The minimum Gasteiger partial charge on any atom is -0.392 e. The topological polar surface area (TPSA) is 116 Å². The summed E-state index contributed by atoms with van der Waals surface area (Å²) in [5.41, 5.74) is 4.25. The number of nitro benzene ring substituents is 1. The van der Waals surface area contributed by atoms with Crippen LogP contribution in [0.4, 0.5) is 21.5 Å². The Kier molecular flexibility index (Phi) is 3.83. The fourth-order valence-corrected chi connectivity index (χ4v) is 1.77. The average molecular weight is 293 g/mol. The maximum Gasteiger partial charge on any atom is 0.293 e. The highest BCUT2D eigenvalue weighted by Crippen LogP contribution is 2.28. The van der Waals surface area contributed by atoms with E-state index in [1.165, 1.54) is 6.20 Å². The molecular weight excluding hydrogens is 281 g/mol. The lowest BCUT2D eigenvalue weighted by Gasteiger charge is -2.07. The number of hydrogen-bond acceptors (Lipinski definition) is 5. The third-order valence-electron chi connectivity index (χ3n) is 2.81. The van der Waals surface area contributed by atoms with E-state index in [4.69, 9.17) is 5.73 Å². The molecular formula is C12H12FN5O3. The largest absolute Gasteiger partial charge is 0.392 e. The van der Waals surface area contributed by atoms with Gasteiger partial charge >= 0.3 is 0 Å². The van der Waals surface area contributed by atoms with E-state index in [0.717, 1.165) is 12.1 Å². The maximum absolute atomic E-state index is 13.7. The zero-order chi connectivity index (χ0) is 15.6. The molecule has 110 valence electrons. The molecule has 0 aliphatic rings. The summed E-state index contributed by atoms with van der Waals surface area (Å²) < 4.78 is 15.3. The van der Waals surface area contributed by atoms with Gasteiger partial charge in [-0.25, -0.2) is 4.39 Å². The number of aromatic nitrogens is 2. The van der Waals surface area contributed by atoms with Crippen LogP contribution in [0.1, 0.15) is 17.3 Å². The number of aryl methyl sites for hydroxylation is 1. The molecule has 0 aliphatic carbocycles. The molecule has 0 bridgehead atoms. The van der Waals surface area contributed by atoms with Gasteiger partial charge in [0.15, 0.2) is 0 Å². The number of carbonyl (C=O) groups excluding carboxylic acids is 1. The molecule has 0 saturated carbocycles. The Morgan fingerprint density at radius 3 is 2.86 bits per heavy atom. The van der Waals surface area contributed by atoms with Gasteiger partial charge in [0.05, 0.1) is 16.8 Å². The Morgan fingerprint density at radius 2 is 2.29 bits per heavy atom.